The first-order chi connectivity index (χ1) is 9.38. The van der Waals surface area contributed by atoms with E-state index in [0.717, 1.165) is 17.0 Å². The zero-order valence-corrected chi connectivity index (χ0v) is 12.8. The maximum Gasteiger partial charge on any atom is 0.307 e. The molecule has 1 amide bonds. The van der Waals surface area contributed by atoms with Crippen LogP contribution in [0, 0.1) is 6.92 Å². The number of carbonyl (C=O) groups is 1. The highest BCUT2D eigenvalue weighted by molar-refractivity contribution is 7.07. The van der Waals surface area contributed by atoms with Crippen molar-refractivity contribution in [3.05, 3.63) is 42.9 Å². The van der Waals surface area contributed by atoms with Gasteiger partial charge in [0.05, 0.1) is 16.4 Å². The van der Waals surface area contributed by atoms with E-state index in [4.69, 9.17) is 28.9 Å². The van der Waals surface area contributed by atoms with E-state index in [1.54, 1.807) is 12.3 Å². The lowest BCUT2D eigenvalue weighted by Gasteiger charge is -2.11. The van der Waals surface area contributed by atoms with E-state index in [1.165, 1.54) is 16.7 Å². The lowest BCUT2D eigenvalue weighted by atomic mass is 10.2. The first-order valence-electron chi connectivity index (χ1n) is 5.58. The number of carbonyl (C=O) groups excluding carboxylic acids is 1. The topological polar surface area (TPSA) is 77.1 Å². The average molecular weight is 332 g/mol. The van der Waals surface area contributed by atoms with Crippen LogP contribution in [0.5, 0.6) is 0 Å². The molecule has 0 saturated carbocycles. The number of halogens is 2. The van der Waals surface area contributed by atoms with Gasteiger partial charge in [-0.3, -0.25) is 14.2 Å². The van der Waals surface area contributed by atoms with Crippen molar-refractivity contribution >= 4 is 51.8 Å². The predicted molar refractivity (Wildman–Crippen MR) is 82.8 cm³/mol. The number of hydrogen-bond acceptors (Lipinski definition) is 4. The Balaban J connectivity index is 2.19. The minimum absolute atomic E-state index is 0.0907. The number of hydrogen-bond donors (Lipinski definition) is 2. The van der Waals surface area contributed by atoms with Crippen molar-refractivity contribution in [1.29, 1.82) is 0 Å². The molecule has 0 fully saturated rings. The fraction of sp³-hybridized carbons (Fsp3) is 0.167. The first kappa shape index (κ1) is 14.9. The molecule has 2 aromatic rings. The monoisotopic (exact) mass is 331 g/mol. The number of amides is 1. The standard InChI is InChI=1S/C12H11Cl2N3O2S/c1-6-5-20-12(19)17(6)4-10(18)16-11-8(14)2-7(13)3-9(11)15/h2-3,5H,4,15H2,1H3,(H,16,18). The second-order valence-corrected chi connectivity index (χ2v) is 5.79. The van der Waals surface area contributed by atoms with E-state index >= 15 is 0 Å². The Morgan fingerprint density at radius 1 is 1.45 bits per heavy atom. The van der Waals surface area contributed by atoms with Gasteiger partial charge in [0.25, 0.3) is 0 Å². The van der Waals surface area contributed by atoms with Crippen LogP contribution in [-0.4, -0.2) is 10.5 Å². The molecule has 2 rings (SSSR count). The van der Waals surface area contributed by atoms with Gasteiger partial charge in [0.15, 0.2) is 0 Å². The van der Waals surface area contributed by atoms with Gasteiger partial charge in [-0.2, -0.15) is 0 Å². The number of benzene rings is 1. The fourth-order valence-electron chi connectivity index (χ4n) is 1.64. The van der Waals surface area contributed by atoms with Crippen molar-refractivity contribution in [2.24, 2.45) is 0 Å². The Bertz CT molecular complexity index is 701. The van der Waals surface area contributed by atoms with E-state index in [9.17, 15) is 9.59 Å². The molecule has 1 aromatic carbocycles. The van der Waals surface area contributed by atoms with Gasteiger partial charge in [-0.15, -0.1) is 0 Å². The summed E-state index contributed by atoms with van der Waals surface area (Å²) in [6.07, 6.45) is 0. The number of nitrogens with zero attached hydrogens (tertiary/aromatic N) is 1. The predicted octanol–water partition coefficient (Wildman–Crippen LogP) is 2.75. The summed E-state index contributed by atoms with van der Waals surface area (Å²) < 4.78 is 1.38. The summed E-state index contributed by atoms with van der Waals surface area (Å²) in [6, 6.07) is 2.97. The normalized spacial score (nSPS) is 10.6. The molecule has 20 heavy (non-hydrogen) atoms. The van der Waals surface area contributed by atoms with Crippen LogP contribution in [-0.2, 0) is 11.3 Å². The van der Waals surface area contributed by atoms with Gasteiger partial charge in [-0.05, 0) is 19.1 Å². The molecule has 0 atom stereocenters. The van der Waals surface area contributed by atoms with Gasteiger partial charge in [-0.25, -0.2) is 0 Å². The molecule has 0 saturated heterocycles. The van der Waals surface area contributed by atoms with Gasteiger partial charge in [-0.1, -0.05) is 34.5 Å². The van der Waals surface area contributed by atoms with Crippen LogP contribution in [0.1, 0.15) is 5.69 Å². The minimum atomic E-state index is -0.385. The lowest BCUT2D eigenvalue weighted by molar-refractivity contribution is -0.116. The van der Waals surface area contributed by atoms with Gasteiger partial charge >= 0.3 is 4.87 Å². The molecule has 0 aliphatic carbocycles. The number of aryl methyl sites for hydroxylation is 1. The Labute approximate surface area is 128 Å². The molecule has 0 unspecified atom stereocenters. The summed E-state index contributed by atoms with van der Waals surface area (Å²) >= 11 is 12.8. The lowest BCUT2D eigenvalue weighted by Crippen LogP contribution is -2.25. The molecule has 5 nitrogen and oxygen atoms in total. The number of nitrogen functional groups attached to an aromatic ring is 1. The van der Waals surface area contributed by atoms with Crippen LogP contribution < -0.4 is 15.9 Å². The quantitative estimate of drug-likeness (QED) is 0.849. The van der Waals surface area contributed by atoms with E-state index in [0.29, 0.717) is 10.7 Å². The third-order valence-electron chi connectivity index (χ3n) is 2.63. The molecule has 1 heterocycles. The van der Waals surface area contributed by atoms with Crippen LogP contribution in [0.4, 0.5) is 11.4 Å². The zero-order valence-electron chi connectivity index (χ0n) is 10.4. The zero-order chi connectivity index (χ0) is 14.9. The highest BCUT2D eigenvalue weighted by atomic mass is 35.5. The van der Waals surface area contributed by atoms with Gasteiger partial charge in [0.1, 0.15) is 6.54 Å². The highest BCUT2D eigenvalue weighted by Gasteiger charge is 2.13. The van der Waals surface area contributed by atoms with E-state index in [1.807, 2.05) is 0 Å². The van der Waals surface area contributed by atoms with Crippen LogP contribution in [0.2, 0.25) is 10.0 Å². The molecule has 0 aliphatic heterocycles. The molecular formula is C12H11Cl2N3O2S. The molecule has 0 bridgehead atoms. The number of aromatic nitrogens is 1. The summed E-state index contributed by atoms with van der Waals surface area (Å²) in [5, 5.41) is 4.92. The number of rotatable bonds is 3. The maximum absolute atomic E-state index is 12.0. The fourth-order valence-corrected chi connectivity index (χ4v) is 2.93. The molecule has 0 radical (unpaired) electrons. The molecule has 106 valence electrons. The van der Waals surface area contributed by atoms with Gasteiger partial charge in [0.2, 0.25) is 5.91 Å². The largest absolute Gasteiger partial charge is 0.397 e. The van der Waals surface area contributed by atoms with Crippen LogP contribution in [0.25, 0.3) is 0 Å². The smallest absolute Gasteiger partial charge is 0.307 e. The SMILES string of the molecule is Cc1csc(=O)n1CC(=O)Nc1c(N)cc(Cl)cc1Cl. The molecule has 0 aliphatic rings. The molecule has 3 N–H and O–H groups in total. The third-order valence-corrected chi connectivity index (χ3v) is 4.03. The Morgan fingerprint density at radius 2 is 2.15 bits per heavy atom. The van der Waals surface area contributed by atoms with Crippen molar-refractivity contribution in [2.75, 3.05) is 11.1 Å². The van der Waals surface area contributed by atoms with Gasteiger partial charge < -0.3 is 11.1 Å². The summed E-state index contributed by atoms with van der Waals surface area (Å²) in [5.74, 6) is -0.385. The van der Waals surface area contributed by atoms with Crippen molar-refractivity contribution in [3.63, 3.8) is 0 Å². The third kappa shape index (κ3) is 3.15. The second kappa shape index (κ2) is 5.87. The molecular weight excluding hydrogens is 321 g/mol. The van der Waals surface area contributed by atoms with Crippen LogP contribution in [0.15, 0.2) is 22.3 Å². The minimum Gasteiger partial charge on any atom is -0.397 e. The first-order valence-corrected chi connectivity index (χ1v) is 7.21. The molecule has 1 aromatic heterocycles. The van der Waals surface area contributed by atoms with E-state index in [2.05, 4.69) is 5.32 Å². The number of anilines is 2. The summed E-state index contributed by atoms with van der Waals surface area (Å²) in [4.78, 5) is 23.3. The molecule has 8 heteroatoms. The highest BCUT2D eigenvalue weighted by Crippen LogP contribution is 2.31. The van der Waals surface area contributed by atoms with Gasteiger partial charge in [0, 0.05) is 16.1 Å². The molecule has 0 spiro atoms. The summed E-state index contributed by atoms with van der Waals surface area (Å²) in [7, 11) is 0. The van der Waals surface area contributed by atoms with Crippen molar-refractivity contribution in [3.8, 4) is 0 Å². The summed E-state index contributed by atoms with van der Waals surface area (Å²) in [5.41, 5.74) is 7.04. The summed E-state index contributed by atoms with van der Waals surface area (Å²) in [6.45, 7) is 1.67. The van der Waals surface area contributed by atoms with E-state index < -0.39 is 0 Å². The number of nitrogens with two attached hydrogens (primary N) is 1. The van der Waals surface area contributed by atoms with Crippen molar-refractivity contribution in [1.82, 2.24) is 4.57 Å². The van der Waals surface area contributed by atoms with Crippen molar-refractivity contribution in [2.45, 2.75) is 13.5 Å². The number of thiazole rings is 1. The van der Waals surface area contributed by atoms with Crippen molar-refractivity contribution < 1.29 is 4.79 Å². The number of nitrogens with one attached hydrogen (secondary N) is 1. The Morgan fingerprint density at radius 3 is 2.70 bits per heavy atom. The maximum atomic E-state index is 12.0. The second-order valence-electron chi connectivity index (χ2n) is 4.13. The average Bonchev–Trinajstić information content (AvgIpc) is 2.65. The Hall–Kier alpha value is -1.50. The Kier molecular flexibility index (Phi) is 4.37. The van der Waals surface area contributed by atoms with Crippen LogP contribution in [0.3, 0.4) is 0 Å². The van der Waals surface area contributed by atoms with Crippen LogP contribution >= 0.6 is 34.5 Å². The van der Waals surface area contributed by atoms with E-state index in [-0.39, 0.29) is 28.0 Å².